The van der Waals surface area contributed by atoms with E-state index in [1.54, 1.807) is 0 Å². The van der Waals surface area contributed by atoms with Crippen LogP contribution in [0.4, 0.5) is 0 Å². The average Bonchev–Trinajstić information content (AvgIpc) is 2.72. The lowest BCUT2D eigenvalue weighted by molar-refractivity contribution is -0.130. The molecule has 1 aliphatic rings. The van der Waals surface area contributed by atoms with Crippen LogP contribution in [-0.4, -0.2) is 39.1 Å². The van der Waals surface area contributed by atoms with E-state index in [0.717, 1.165) is 42.1 Å². The first-order valence-electron chi connectivity index (χ1n) is 7.74. The van der Waals surface area contributed by atoms with Crippen LogP contribution in [0.1, 0.15) is 32.6 Å². The maximum Gasteiger partial charge on any atom is 0.235 e. The summed E-state index contributed by atoms with van der Waals surface area (Å²) in [7, 11) is 0. The van der Waals surface area contributed by atoms with Gasteiger partial charge in [0.2, 0.25) is 5.91 Å². The Morgan fingerprint density at radius 3 is 2.77 bits per heavy atom. The molecule has 1 aromatic carbocycles. The lowest BCUT2D eigenvalue weighted by Crippen LogP contribution is -2.37. The van der Waals surface area contributed by atoms with Gasteiger partial charge in [-0.1, -0.05) is 36.2 Å². The molecular weight excluding hydrogens is 318 g/mol. The highest BCUT2D eigenvalue weighted by molar-refractivity contribution is 8.00. The molecule has 4 nitrogen and oxygen atoms in total. The van der Waals surface area contributed by atoms with Gasteiger partial charge in [0.15, 0.2) is 5.16 Å². The second-order valence-corrected chi connectivity index (χ2v) is 7.47. The van der Waals surface area contributed by atoms with Crippen molar-refractivity contribution in [2.24, 2.45) is 0 Å². The van der Waals surface area contributed by atoms with Gasteiger partial charge in [0.1, 0.15) is 0 Å². The Labute approximate surface area is 139 Å². The monoisotopic (exact) mass is 337 g/mol. The van der Waals surface area contributed by atoms with E-state index in [1.807, 2.05) is 30.0 Å². The molecule has 1 N–H and O–H groups in total. The molecule has 1 amide bonds. The molecule has 1 atom stereocenters. The number of aromatic amines is 1. The van der Waals surface area contributed by atoms with Crippen molar-refractivity contribution in [1.82, 2.24) is 14.9 Å². The fourth-order valence-corrected chi connectivity index (χ4v) is 3.86. The second kappa shape index (κ2) is 6.92. The Morgan fingerprint density at radius 2 is 2.05 bits per heavy atom. The Morgan fingerprint density at radius 1 is 1.32 bits per heavy atom. The molecule has 1 aliphatic heterocycles. The predicted octanol–water partition coefficient (Wildman–Crippen LogP) is 4.10. The summed E-state index contributed by atoms with van der Waals surface area (Å²) in [5.41, 5.74) is 1.78. The summed E-state index contributed by atoms with van der Waals surface area (Å²) in [6.45, 7) is 3.73. The van der Waals surface area contributed by atoms with Gasteiger partial charge in [0.05, 0.1) is 16.3 Å². The molecule has 0 aliphatic carbocycles. The van der Waals surface area contributed by atoms with Crippen molar-refractivity contribution < 1.29 is 4.79 Å². The van der Waals surface area contributed by atoms with Crippen LogP contribution >= 0.6 is 23.4 Å². The number of nitrogens with zero attached hydrogens (tertiary/aromatic N) is 2. The predicted molar refractivity (Wildman–Crippen MR) is 91.5 cm³/mol. The van der Waals surface area contributed by atoms with Gasteiger partial charge in [-0.05, 0) is 38.0 Å². The van der Waals surface area contributed by atoms with Gasteiger partial charge in [0, 0.05) is 18.1 Å². The molecule has 118 valence electrons. The van der Waals surface area contributed by atoms with Crippen molar-refractivity contribution in [3.05, 3.63) is 23.2 Å². The van der Waals surface area contributed by atoms with E-state index in [1.165, 1.54) is 24.6 Å². The van der Waals surface area contributed by atoms with E-state index in [2.05, 4.69) is 9.97 Å². The normalized spacial score (nSPS) is 17.5. The molecule has 1 saturated heterocycles. The molecule has 2 heterocycles. The third-order valence-electron chi connectivity index (χ3n) is 3.98. The number of hydrogen-bond donors (Lipinski definition) is 1. The molecular formula is C16H20ClN3OS. The standard InChI is InChI=1S/C16H20ClN3OS/c1-11(15(21)20-8-4-2-3-5-9-20)22-16-18-13-7-6-12(17)10-14(13)19-16/h6-7,10-11H,2-5,8-9H2,1H3,(H,18,19)/t11-/m0/s1. The van der Waals surface area contributed by atoms with E-state index in [0.29, 0.717) is 5.02 Å². The number of nitrogens with one attached hydrogen (secondary N) is 1. The number of thioether (sulfide) groups is 1. The number of fused-ring (bicyclic) bond motifs is 1. The first kappa shape index (κ1) is 15.7. The fourth-order valence-electron chi connectivity index (χ4n) is 2.78. The quantitative estimate of drug-likeness (QED) is 0.858. The van der Waals surface area contributed by atoms with Crippen LogP contribution in [0.3, 0.4) is 0 Å². The zero-order valence-corrected chi connectivity index (χ0v) is 14.2. The van der Waals surface area contributed by atoms with Crippen LogP contribution in [0.25, 0.3) is 11.0 Å². The topological polar surface area (TPSA) is 49.0 Å². The number of likely N-dealkylation sites (tertiary alicyclic amines) is 1. The highest BCUT2D eigenvalue weighted by atomic mass is 35.5. The van der Waals surface area contributed by atoms with Crippen LogP contribution < -0.4 is 0 Å². The number of aromatic nitrogens is 2. The largest absolute Gasteiger partial charge is 0.342 e. The zero-order valence-electron chi connectivity index (χ0n) is 12.6. The van der Waals surface area contributed by atoms with Crippen molar-refractivity contribution in [3.63, 3.8) is 0 Å². The number of carbonyl (C=O) groups excluding carboxylic acids is 1. The van der Waals surface area contributed by atoms with Crippen LogP contribution in [-0.2, 0) is 4.79 Å². The number of H-pyrrole nitrogens is 1. The summed E-state index contributed by atoms with van der Waals surface area (Å²) in [4.78, 5) is 22.3. The highest BCUT2D eigenvalue weighted by Crippen LogP contribution is 2.26. The van der Waals surface area contributed by atoms with E-state index in [9.17, 15) is 4.79 Å². The first-order valence-corrected chi connectivity index (χ1v) is 9.00. The van der Waals surface area contributed by atoms with Gasteiger partial charge >= 0.3 is 0 Å². The molecule has 2 aromatic rings. The maximum absolute atomic E-state index is 12.6. The fraction of sp³-hybridized carbons (Fsp3) is 0.500. The van der Waals surface area contributed by atoms with Crippen LogP contribution in [0.2, 0.25) is 5.02 Å². The summed E-state index contributed by atoms with van der Waals surface area (Å²) >= 11 is 7.47. The molecule has 1 fully saturated rings. The molecule has 22 heavy (non-hydrogen) atoms. The SMILES string of the molecule is C[C@H](Sc1nc2ccc(Cl)cc2[nH]1)C(=O)N1CCCCCC1. The van der Waals surface area contributed by atoms with E-state index >= 15 is 0 Å². The van der Waals surface area contributed by atoms with Gasteiger partial charge in [-0.15, -0.1) is 0 Å². The zero-order chi connectivity index (χ0) is 15.5. The molecule has 0 bridgehead atoms. The number of halogens is 1. The van der Waals surface area contributed by atoms with Crippen molar-refractivity contribution in [3.8, 4) is 0 Å². The smallest absolute Gasteiger partial charge is 0.235 e. The number of amides is 1. The number of carbonyl (C=O) groups is 1. The molecule has 6 heteroatoms. The second-order valence-electron chi connectivity index (χ2n) is 5.70. The van der Waals surface area contributed by atoms with E-state index < -0.39 is 0 Å². The summed E-state index contributed by atoms with van der Waals surface area (Å²) in [5.74, 6) is 0.213. The molecule has 0 saturated carbocycles. The van der Waals surface area contributed by atoms with Crippen LogP contribution in [0.5, 0.6) is 0 Å². The minimum atomic E-state index is -0.130. The summed E-state index contributed by atoms with van der Waals surface area (Å²) in [6, 6.07) is 5.57. The number of hydrogen-bond acceptors (Lipinski definition) is 3. The minimum absolute atomic E-state index is 0.130. The Balaban J connectivity index is 1.68. The summed E-state index contributed by atoms with van der Waals surface area (Å²) < 4.78 is 0. The number of rotatable bonds is 3. The Kier molecular flexibility index (Phi) is 4.93. The summed E-state index contributed by atoms with van der Waals surface area (Å²) in [6.07, 6.45) is 4.70. The van der Waals surface area contributed by atoms with Gasteiger partial charge in [-0.25, -0.2) is 4.98 Å². The van der Waals surface area contributed by atoms with Gasteiger partial charge < -0.3 is 9.88 Å². The van der Waals surface area contributed by atoms with Crippen LogP contribution in [0, 0.1) is 0 Å². The van der Waals surface area contributed by atoms with E-state index in [-0.39, 0.29) is 11.2 Å². The van der Waals surface area contributed by atoms with Gasteiger partial charge in [-0.3, -0.25) is 4.79 Å². The third kappa shape index (κ3) is 3.58. The molecule has 0 radical (unpaired) electrons. The molecule has 3 rings (SSSR count). The lowest BCUT2D eigenvalue weighted by atomic mass is 10.2. The minimum Gasteiger partial charge on any atom is -0.342 e. The Bertz CT molecular complexity index is 664. The third-order valence-corrected chi connectivity index (χ3v) is 5.18. The van der Waals surface area contributed by atoms with Gasteiger partial charge in [0.25, 0.3) is 0 Å². The number of imidazole rings is 1. The Hall–Kier alpha value is -1.20. The first-order chi connectivity index (χ1) is 10.6. The molecule has 0 unspecified atom stereocenters. The lowest BCUT2D eigenvalue weighted by Gasteiger charge is -2.23. The molecule has 1 aromatic heterocycles. The summed E-state index contributed by atoms with van der Waals surface area (Å²) in [5, 5.41) is 1.32. The number of benzene rings is 1. The highest BCUT2D eigenvalue weighted by Gasteiger charge is 2.23. The van der Waals surface area contributed by atoms with E-state index in [4.69, 9.17) is 11.6 Å². The van der Waals surface area contributed by atoms with Gasteiger partial charge in [-0.2, -0.15) is 0 Å². The van der Waals surface area contributed by atoms with Crippen molar-refractivity contribution in [2.75, 3.05) is 13.1 Å². The molecule has 0 spiro atoms. The van der Waals surface area contributed by atoms with Crippen molar-refractivity contribution in [1.29, 1.82) is 0 Å². The van der Waals surface area contributed by atoms with Crippen molar-refractivity contribution >= 4 is 40.3 Å². The average molecular weight is 338 g/mol. The van der Waals surface area contributed by atoms with Crippen LogP contribution in [0.15, 0.2) is 23.4 Å². The van der Waals surface area contributed by atoms with Crippen molar-refractivity contribution in [2.45, 2.75) is 43.0 Å². The maximum atomic E-state index is 12.6.